The van der Waals surface area contributed by atoms with Crippen LogP contribution in [-0.2, 0) is 16.4 Å². The molecular weight excluding hydrogens is 370 g/mol. The summed E-state index contributed by atoms with van der Waals surface area (Å²) >= 11 is 0. The Morgan fingerprint density at radius 3 is 2.37 bits per heavy atom. The molecule has 2 rings (SSSR count). The lowest BCUT2D eigenvalue weighted by Gasteiger charge is -2.10. The molecule has 0 aliphatic rings. The number of urea groups is 1. The Kier molecular flexibility index (Phi) is 6.40. The molecule has 27 heavy (non-hydrogen) atoms. The minimum atomic E-state index is -3.97. The molecule has 4 N–H and O–H groups in total. The molecule has 9 heteroatoms. The van der Waals surface area contributed by atoms with Crippen LogP contribution in [0.1, 0.15) is 21.5 Å². The number of methoxy groups -OCH3 is 1. The third kappa shape index (κ3) is 5.45. The van der Waals surface area contributed by atoms with Crippen molar-refractivity contribution in [1.29, 1.82) is 0 Å². The van der Waals surface area contributed by atoms with Crippen LogP contribution in [-0.4, -0.2) is 34.0 Å². The van der Waals surface area contributed by atoms with E-state index in [9.17, 15) is 18.0 Å². The van der Waals surface area contributed by atoms with Gasteiger partial charge in [0.2, 0.25) is 0 Å². The van der Waals surface area contributed by atoms with Crippen LogP contribution in [0.15, 0.2) is 47.4 Å². The zero-order valence-electron chi connectivity index (χ0n) is 15.0. The first-order chi connectivity index (χ1) is 12.7. The largest absolute Gasteiger partial charge is 0.496 e. The van der Waals surface area contributed by atoms with Gasteiger partial charge in [-0.25, -0.2) is 17.9 Å². The summed E-state index contributed by atoms with van der Waals surface area (Å²) in [7, 11) is -2.46. The number of hydrogen-bond donors (Lipinski definition) is 3. The Bertz CT molecular complexity index is 940. The molecule has 8 nitrogen and oxygen atoms in total. The van der Waals surface area contributed by atoms with E-state index in [4.69, 9.17) is 10.5 Å². The van der Waals surface area contributed by atoms with Crippen LogP contribution in [0, 0.1) is 6.92 Å². The fourth-order valence-electron chi connectivity index (χ4n) is 2.44. The number of benzene rings is 2. The summed E-state index contributed by atoms with van der Waals surface area (Å²) in [6.07, 6.45) is 0.503. The molecular formula is C18H21N3O5S. The molecule has 2 aromatic carbocycles. The second-order valence-electron chi connectivity index (χ2n) is 5.82. The summed E-state index contributed by atoms with van der Waals surface area (Å²) < 4.78 is 30.5. The molecule has 2 aromatic rings. The van der Waals surface area contributed by atoms with Gasteiger partial charge in [-0.3, -0.25) is 4.79 Å². The van der Waals surface area contributed by atoms with Gasteiger partial charge in [-0.15, -0.1) is 0 Å². The maximum Gasteiger partial charge on any atom is 0.326 e. The molecule has 0 bridgehead atoms. The van der Waals surface area contributed by atoms with Crippen molar-refractivity contribution in [3.63, 3.8) is 0 Å². The van der Waals surface area contributed by atoms with Gasteiger partial charge in [-0.2, -0.15) is 0 Å². The van der Waals surface area contributed by atoms with Gasteiger partial charge in [-0.05, 0) is 43.2 Å². The third-order valence-electron chi connectivity index (χ3n) is 3.77. The number of rotatable bonds is 7. The average Bonchev–Trinajstić information content (AvgIpc) is 2.61. The Morgan fingerprint density at radius 1 is 1.11 bits per heavy atom. The molecule has 0 unspecified atom stereocenters. The lowest BCUT2D eigenvalue weighted by molar-refractivity contribution is 0.0951. The van der Waals surface area contributed by atoms with Crippen molar-refractivity contribution in [3.05, 3.63) is 59.2 Å². The Hall–Kier alpha value is -3.07. The lowest BCUT2D eigenvalue weighted by atomic mass is 10.1. The van der Waals surface area contributed by atoms with Crippen molar-refractivity contribution in [2.24, 2.45) is 5.73 Å². The summed E-state index contributed by atoms with van der Waals surface area (Å²) in [5, 5.41) is 2.81. The first-order valence-electron chi connectivity index (χ1n) is 8.07. The summed E-state index contributed by atoms with van der Waals surface area (Å²) in [4.78, 5) is 23.0. The number of ether oxygens (including phenoxy) is 1. The van der Waals surface area contributed by atoms with Gasteiger partial charge in [0.05, 0.1) is 17.6 Å². The molecule has 0 aliphatic carbocycles. The van der Waals surface area contributed by atoms with Crippen LogP contribution < -0.4 is 20.5 Å². The van der Waals surface area contributed by atoms with Crippen LogP contribution in [0.25, 0.3) is 0 Å². The Balaban J connectivity index is 1.97. The van der Waals surface area contributed by atoms with Crippen LogP contribution in [0.4, 0.5) is 4.79 Å². The van der Waals surface area contributed by atoms with Gasteiger partial charge in [0, 0.05) is 6.54 Å². The summed E-state index contributed by atoms with van der Waals surface area (Å²) in [5.41, 5.74) is 7.06. The van der Waals surface area contributed by atoms with Gasteiger partial charge in [0.1, 0.15) is 5.75 Å². The highest BCUT2D eigenvalue weighted by molar-refractivity contribution is 7.90. The number of hydrogen-bond acceptors (Lipinski definition) is 5. The topological polar surface area (TPSA) is 128 Å². The highest BCUT2D eigenvalue weighted by Crippen LogP contribution is 2.19. The third-order valence-corrected chi connectivity index (χ3v) is 5.13. The van der Waals surface area contributed by atoms with E-state index in [1.54, 1.807) is 29.0 Å². The van der Waals surface area contributed by atoms with Crippen LogP contribution in [0.5, 0.6) is 5.75 Å². The van der Waals surface area contributed by atoms with Gasteiger partial charge >= 0.3 is 6.03 Å². The second kappa shape index (κ2) is 8.54. The van der Waals surface area contributed by atoms with E-state index in [1.165, 1.54) is 19.2 Å². The van der Waals surface area contributed by atoms with Crippen molar-refractivity contribution in [3.8, 4) is 5.75 Å². The monoisotopic (exact) mass is 391 g/mol. The van der Waals surface area contributed by atoms with Crippen LogP contribution in [0.3, 0.4) is 0 Å². The molecule has 0 spiro atoms. The van der Waals surface area contributed by atoms with E-state index in [0.29, 0.717) is 24.3 Å². The van der Waals surface area contributed by atoms with E-state index >= 15 is 0 Å². The number of sulfonamides is 1. The van der Waals surface area contributed by atoms with E-state index in [1.807, 2.05) is 13.0 Å². The SMILES string of the molecule is COc1ccc(C)cc1C(=O)NCCc1ccc(S(=O)(=O)NC(N)=O)cc1. The smallest absolute Gasteiger partial charge is 0.326 e. The van der Waals surface area contributed by atoms with Crippen molar-refractivity contribution in [2.75, 3.05) is 13.7 Å². The van der Waals surface area contributed by atoms with Crippen molar-refractivity contribution < 1.29 is 22.7 Å². The summed E-state index contributed by atoms with van der Waals surface area (Å²) in [6, 6.07) is 10.1. The van der Waals surface area contributed by atoms with E-state index in [-0.39, 0.29) is 10.8 Å². The highest BCUT2D eigenvalue weighted by atomic mass is 32.2. The molecule has 0 radical (unpaired) electrons. The van der Waals surface area contributed by atoms with Crippen molar-refractivity contribution >= 4 is 22.0 Å². The first-order valence-corrected chi connectivity index (χ1v) is 9.55. The molecule has 0 saturated heterocycles. The minimum absolute atomic E-state index is 0.0708. The zero-order chi connectivity index (χ0) is 20.0. The van der Waals surface area contributed by atoms with Gasteiger partial charge in [0.15, 0.2) is 0 Å². The first kappa shape index (κ1) is 20.2. The van der Waals surface area contributed by atoms with Gasteiger partial charge in [0.25, 0.3) is 15.9 Å². The summed E-state index contributed by atoms with van der Waals surface area (Å²) in [6.45, 7) is 2.25. The molecule has 144 valence electrons. The molecule has 0 fully saturated rings. The molecule has 0 saturated carbocycles. The van der Waals surface area contributed by atoms with Crippen molar-refractivity contribution in [1.82, 2.24) is 10.0 Å². The molecule has 0 aromatic heterocycles. The number of carbonyl (C=O) groups is 2. The van der Waals surface area contributed by atoms with Crippen LogP contribution >= 0.6 is 0 Å². The highest BCUT2D eigenvalue weighted by Gasteiger charge is 2.16. The average molecular weight is 391 g/mol. The Labute approximate surface area is 157 Å². The lowest BCUT2D eigenvalue weighted by Crippen LogP contribution is -2.34. The number of carbonyl (C=O) groups excluding carboxylic acids is 2. The maximum atomic E-state index is 12.3. The van der Waals surface area contributed by atoms with Crippen LogP contribution in [0.2, 0.25) is 0 Å². The van der Waals surface area contributed by atoms with Crippen molar-refractivity contribution in [2.45, 2.75) is 18.2 Å². The molecule has 3 amide bonds. The molecule has 0 heterocycles. The predicted octanol–water partition coefficient (Wildman–Crippen LogP) is 1.33. The van der Waals surface area contributed by atoms with Gasteiger partial charge in [-0.1, -0.05) is 23.8 Å². The van der Waals surface area contributed by atoms with Gasteiger partial charge < -0.3 is 15.8 Å². The number of amides is 3. The minimum Gasteiger partial charge on any atom is -0.496 e. The standard InChI is InChI=1S/C18H21N3O5S/c1-12-3-8-16(26-2)15(11-12)17(22)20-10-9-13-4-6-14(7-5-13)27(24,25)21-18(19)23/h3-8,11H,9-10H2,1-2H3,(H,20,22)(H3,19,21,23). The zero-order valence-corrected chi connectivity index (χ0v) is 15.8. The normalized spacial score (nSPS) is 10.9. The second-order valence-corrected chi connectivity index (χ2v) is 7.51. The predicted molar refractivity (Wildman–Crippen MR) is 100 cm³/mol. The maximum absolute atomic E-state index is 12.3. The number of primary amides is 1. The fraction of sp³-hybridized carbons (Fsp3) is 0.222. The Morgan fingerprint density at radius 2 is 1.78 bits per heavy atom. The number of aryl methyl sites for hydroxylation is 1. The summed E-state index contributed by atoms with van der Waals surface area (Å²) in [5.74, 6) is 0.245. The fourth-order valence-corrected chi connectivity index (χ4v) is 3.32. The number of nitrogens with one attached hydrogen (secondary N) is 2. The molecule has 0 atom stereocenters. The molecule has 0 aliphatic heterocycles. The quantitative estimate of drug-likeness (QED) is 0.656. The van der Waals surface area contributed by atoms with E-state index in [2.05, 4.69) is 5.32 Å². The van der Waals surface area contributed by atoms with E-state index in [0.717, 1.165) is 11.1 Å². The van der Waals surface area contributed by atoms with E-state index < -0.39 is 16.1 Å². The number of nitrogens with two attached hydrogens (primary N) is 1.